The number of carbonyl (C=O) groups is 2. The molecule has 4 rings (SSSR count). The first kappa shape index (κ1) is 32.7. The average Bonchev–Trinajstić information content (AvgIpc) is 3.48. The lowest BCUT2D eigenvalue weighted by Crippen LogP contribution is -2.52. The first-order valence-corrected chi connectivity index (χ1v) is 17.6. The Morgan fingerprint density at radius 2 is 1.63 bits per heavy atom. The van der Waals surface area contributed by atoms with Crippen molar-refractivity contribution < 1.29 is 18.0 Å². The summed E-state index contributed by atoms with van der Waals surface area (Å²) in [6.45, 7) is 4.25. The second-order valence-corrected chi connectivity index (χ2v) is 14.4. The van der Waals surface area contributed by atoms with E-state index >= 15 is 0 Å². The summed E-state index contributed by atoms with van der Waals surface area (Å²) in [6, 6.07) is 22.7. The quantitative estimate of drug-likeness (QED) is 0.231. The van der Waals surface area contributed by atoms with Crippen molar-refractivity contribution in [2.45, 2.75) is 77.4 Å². The Morgan fingerprint density at radius 3 is 2.28 bits per heavy atom. The van der Waals surface area contributed by atoms with Gasteiger partial charge in [-0.3, -0.25) is 13.9 Å². The van der Waals surface area contributed by atoms with Crippen LogP contribution >= 0.6 is 15.9 Å². The van der Waals surface area contributed by atoms with Crippen LogP contribution in [0.5, 0.6) is 0 Å². The van der Waals surface area contributed by atoms with Gasteiger partial charge in [-0.05, 0) is 73.6 Å². The topological polar surface area (TPSA) is 86.8 Å². The van der Waals surface area contributed by atoms with Gasteiger partial charge in [-0.2, -0.15) is 0 Å². The molecule has 0 spiro atoms. The summed E-state index contributed by atoms with van der Waals surface area (Å²) in [5.74, 6) is -0.325. The fourth-order valence-electron chi connectivity index (χ4n) is 5.68. The largest absolute Gasteiger partial charge is 0.352 e. The number of benzene rings is 3. The van der Waals surface area contributed by atoms with Crippen LogP contribution in [-0.4, -0.2) is 50.0 Å². The summed E-state index contributed by atoms with van der Waals surface area (Å²) < 4.78 is 27.9. The Balaban J connectivity index is 1.59. The summed E-state index contributed by atoms with van der Waals surface area (Å²) in [6.07, 6.45) is 6.08. The fourth-order valence-corrected chi connectivity index (χ4v) is 6.96. The number of anilines is 1. The van der Waals surface area contributed by atoms with Crippen molar-refractivity contribution in [3.05, 3.63) is 99.5 Å². The number of halogens is 1. The van der Waals surface area contributed by atoms with E-state index in [4.69, 9.17) is 0 Å². The van der Waals surface area contributed by atoms with Crippen molar-refractivity contribution in [2.75, 3.05) is 17.1 Å². The van der Waals surface area contributed by atoms with Crippen molar-refractivity contribution in [3.8, 4) is 0 Å². The van der Waals surface area contributed by atoms with Gasteiger partial charge in [0.2, 0.25) is 21.8 Å². The minimum atomic E-state index is -3.57. The smallest absolute Gasteiger partial charge is 0.243 e. The number of carbonyl (C=O) groups excluding carboxylic acids is 2. The molecule has 0 aromatic heterocycles. The molecule has 1 saturated carbocycles. The fraction of sp³-hybridized carbons (Fsp3) is 0.412. The highest BCUT2D eigenvalue weighted by Crippen LogP contribution is 2.25. The molecule has 0 radical (unpaired) electrons. The minimum Gasteiger partial charge on any atom is -0.352 e. The first-order chi connectivity index (χ1) is 20.5. The lowest BCUT2D eigenvalue weighted by Gasteiger charge is -2.33. The van der Waals surface area contributed by atoms with Gasteiger partial charge in [0.05, 0.1) is 11.9 Å². The molecule has 0 heterocycles. The molecule has 230 valence electrons. The number of amides is 2. The van der Waals surface area contributed by atoms with E-state index in [0.717, 1.165) is 52.4 Å². The molecule has 0 saturated heterocycles. The van der Waals surface area contributed by atoms with Crippen LogP contribution in [0.2, 0.25) is 0 Å². The zero-order chi connectivity index (χ0) is 31.0. The Morgan fingerprint density at radius 1 is 0.953 bits per heavy atom. The molecule has 1 N–H and O–H groups in total. The molecule has 3 aromatic carbocycles. The molecule has 1 aliphatic rings. The Bertz CT molecular complexity index is 1490. The maximum atomic E-state index is 14.0. The van der Waals surface area contributed by atoms with E-state index in [1.165, 1.54) is 10.6 Å². The summed E-state index contributed by atoms with van der Waals surface area (Å²) >= 11 is 3.48. The number of nitrogens with zero attached hydrogens (tertiary/aromatic N) is 2. The van der Waals surface area contributed by atoms with Crippen LogP contribution in [0.1, 0.15) is 60.8 Å². The third-order valence-electron chi connectivity index (χ3n) is 8.02. The van der Waals surface area contributed by atoms with Gasteiger partial charge in [0.25, 0.3) is 0 Å². The van der Waals surface area contributed by atoms with Gasteiger partial charge < -0.3 is 10.2 Å². The second-order valence-electron chi connectivity index (χ2n) is 11.6. The van der Waals surface area contributed by atoms with Gasteiger partial charge in [0.15, 0.2) is 0 Å². The molecule has 3 aromatic rings. The predicted octanol–water partition coefficient (Wildman–Crippen LogP) is 6.31. The van der Waals surface area contributed by atoms with Crippen LogP contribution in [0, 0.1) is 13.8 Å². The van der Waals surface area contributed by atoms with Crippen molar-refractivity contribution in [2.24, 2.45) is 0 Å². The van der Waals surface area contributed by atoms with Gasteiger partial charge in [-0.15, -0.1) is 0 Å². The maximum Gasteiger partial charge on any atom is 0.243 e. The average molecular weight is 669 g/mol. The molecule has 7 nitrogen and oxygen atoms in total. The van der Waals surface area contributed by atoms with E-state index in [-0.39, 0.29) is 37.4 Å². The number of nitrogens with one attached hydrogen (secondary N) is 1. The van der Waals surface area contributed by atoms with Crippen LogP contribution in [0.4, 0.5) is 5.69 Å². The summed E-state index contributed by atoms with van der Waals surface area (Å²) in [4.78, 5) is 29.6. The molecule has 1 fully saturated rings. The monoisotopic (exact) mass is 667 g/mol. The van der Waals surface area contributed by atoms with E-state index in [1.54, 1.807) is 4.90 Å². The highest BCUT2D eigenvalue weighted by Gasteiger charge is 2.32. The van der Waals surface area contributed by atoms with E-state index in [1.807, 2.05) is 86.6 Å². The Hall–Kier alpha value is -3.17. The van der Waals surface area contributed by atoms with Crippen LogP contribution in [0.15, 0.2) is 77.3 Å². The number of hydrogen-bond donors (Lipinski definition) is 1. The number of aryl methyl sites for hydroxylation is 2. The third kappa shape index (κ3) is 9.41. The molecule has 1 atom stereocenters. The molecular weight excluding hydrogens is 626 g/mol. The summed E-state index contributed by atoms with van der Waals surface area (Å²) in [5, 5.41) is 3.23. The maximum absolute atomic E-state index is 14.0. The molecule has 1 aliphatic carbocycles. The highest BCUT2D eigenvalue weighted by molar-refractivity contribution is 9.10. The summed E-state index contributed by atoms with van der Waals surface area (Å²) in [7, 11) is -3.57. The Labute approximate surface area is 264 Å². The van der Waals surface area contributed by atoms with Crippen molar-refractivity contribution >= 4 is 43.5 Å². The number of hydrogen-bond acceptors (Lipinski definition) is 4. The van der Waals surface area contributed by atoms with Crippen molar-refractivity contribution in [1.29, 1.82) is 0 Å². The van der Waals surface area contributed by atoms with E-state index < -0.39 is 16.1 Å². The van der Waals surface area contributed by atoms with E-state index in [0.29, 0.717) is 18.5 Å². The molecular formula is C34H42BrN3O4S. The predicted molar refractivity (Wildman–Crippen MR) is 176 cm³/mol. The van der Waals surface area contributed by atoms with Crippen LogP contribution in [0.25, 0.3) is 0 Å². The molecule has 43 heavy (non-hydrogen) atoms. The van der Waals surface area contributed by atoms with Crippen LogP contribution in [-0.2, 0) is 32.6 Å². The normalized spacial score (nSPS) is 14.3. The zero-order valence-corrected chi connectivity index (χ0v) is 27.7. The van der Waals surface area contributed by atoms with Crippen molar-refractivity contribution in [3.63, 3.8) is 0 Å². The Kier molecular flexibility index (Phi) is 11.4. The standard InChI is InChI=1S/C34H42BrN3O4S/c1-25-15-16-26(2)31(22-25)38(43(3,41)42)21-9-14-33(39)37(24-28-17-19-29(35)20-18-28)32(23-27-10-5-4-6-11-27)34(40)36-30-12-7-8-13-30/h4-6,10-11,15-20,22,30,32H,7-9,12-14,21,23-24H2,1-3H3,(H,36,40). The summed E-state index contributed by atoms with van der Waals surface area (Å²) in [5.41, 5.74) is 4.32. The lowest BCUT2D eigenvalue weighted by atomic mass is 10.0. The molecule has 0 bridgehead atoms. The van der Waals surface area contributed by atoms with Gasteiger partial charge >= 0.3 is 0 Å². The molecule has 9 heteroatoms. The number of sulfonamides is 1. The van der Waals surface area contributed by atoms with E-state index in [2.05, 4.69) is 21.2 Å². The van der Waals surface area contributed by atoms with Crippen molar-refractivity contribution in [1.82, 2.24) is 10.2 Å². The van der Waals surface area contributed by atoms with Crippen LogP contribution < -0.4 is 9.62 Å². The molecule has 1 unspecified atom stereocenters. The lowest BCUT2D eigenvalue weighted by molar-refractivity contribution is -0.141. The van der Waals surface area contributed by atoms with E-state index in [9.17, 15) is 18.0 Å². The SMILES string of the molecule is Cc1ccc(C)c(N(CCCC(=O)N(Cc2ccc(Br)cc2)C(Cc2ccccc2)C(=O)NC2CCCC2)S(C)(=O)=O)c1. The number of rotatable bonds is 13. The van der Waals surface area contributed by atoms with Gasteiger partial charge in [0.1, 0.15) is 6.04 Å². The van der Waals surface area contributed by atoms with Crippen LogP contribution in [0.3, 0.4) is 0 Å². The molecule has 0 aliphatic heterocycles. The second kappa shape index (κ2) is 15.0. The molecule has 2 amide bonds. The van der Waals surface area contributed by atoms with Gasteiger partial charge in [-0.25, -0.2) is 8.42 Å². The first-order valence-electron chi connectivity index (χ1n) is 14.9. The third-order valence-corrected chi connectivity index (χ3v) is 9.73. The minimum absolute atomic E-state index is 0.107. The van der Waals surface area contributed by atoms with Gasteiger partial charge in [0, 0.05) is 36.4 Å². The zero-order valence-electron chi connectivity index (χ0n) is 25.3. The van der Waals surface area contributed by atoms with Gasteiger partial charge in [-0.1, -0.05) is 83.4 Å². The highest BCUT2D eigenvalue weighted by atomic mass is 79.9.